The number of nitrogens with one attached hydrogen (secondary N) is 1. The first-order valence-electron chi connectivity index (χ1n) is 5.97. The van der Waals surface area contributed by atoms with Crippen molar-refractivity contribution in [3.05, 3.63) is 41.6 Å². The quantitative estimate of drug-likeness (QED) is 0.825. The van der Waals surface area contributed by atoms with Crippen LogP contribution in [-0.4, -0.2) is 16.5 Å². The molecule has 1 aromatic carbocycles. The number of hydrogen-bond donors (Lipinski definition) is 1. The third kappa shape index (κ3) is 1.91. The molecule has 4 heteroatoms. The van der Waals surface area contributed by atoms with Crippen LogP contribution in [0, 0.1) is 11.3 Å². The fraction of sp³-hybridized carbons (Fsp3) is 0.214. The van der Waals surface area contributed by atoms with E-state index in [0.717, 1.165) is 30.8 Å². The maximum Gasteiger partial charge on any atom is 0.161 e. The van der Waals surface area contributed by atoms with E-state index in [0.29, 0.717) is 11.4 Å². The summed E-state index contributed by atoms with van der Waals surface area (Å²) in [6.45, 7) is 0.969. The highest BCUT2D eigenvalue weighted by Gasteiger charge is 2.12. The highest BCUT2D eigenvalue weighted by molar-refractivity contribution is 5.60. The third-order valence-electron chi connectivity index (χ3n) is 3.05. The van der Waals surface area contributed by atoms with Gasteiger partial charge in [-0.3, -0.25) is 0 Å². The van der Waals surface area contributed by atoms with Gasteiger partial charge in [0.2, 0.25) is 0 Å². The molecular weight excluding hydrogens is 224 g/mol. The summed E-state index contributed by atoms with van der Waals surface area (Å²) in [4.78, 5) is 8.92. The van der Waals surface area contributed by atoms with Crippen molar-refractivity contribution in [3.63, 3.8) is 0 Å². The van der Waals surface area contributed by atoms with Crippen molar-refractivity contribution in [3.8, 4) is 17.5 Å². The molecule has 0 bridgehead atoms. The summed E-state index contributed by atoms with van der Waals surface area (Å²) in [6.07, 6.45) is 4.06. The van der Waals surface area contributed by atoms with Gasteiger partial charge in [-0.05, 0) is 37.1 Å². The molecule has 2 heterocycles. The average molecular weight is 236 g/mol. The maximum atomic E-state index is 8.77. The Bertz CT molecular complexity index is 611. The normalized spacial score (nSPS) is 13.3. The molecule has 0 saturated carbocycles. The van der Waals surface area contributed by atoms with Crippen molar-refractivity contribution in [2.75, 3.05) is 11.9 Å². The molecule has 18 heavy (non-hydrogen) atoms. The lowest BCUT2D eigenvalue weighted by Gasteiger charge is -2.16. The molecule has 88 valence electrons. The molecule has 1 aliphatic rings. The summed E-state index contributed by atoms with van der Waals surface area (Å²) in [5.74, 6) is 1.64. The Morgan fingerprint density at radius 3 is 2.83 bits per heavy atom. The predicted octanol–water partition coefficient (Wildman–Crippen LogP) is 2.37. The van der Waals surface area contributed by atoms with Crippen LogP contribution in [0.5, 0.6) is 0 Å². The Labute approximate surface area is 105 Å². The summed E-state index contributed by atoms with van der Waals surface area (Å²) in [7, 11) is 0. The molecule has 1 N–H and O–H groups in total. The van der Waals surface area contributed by atoms with E-state index in [1.807, 2.05) is 18.3 Å². The molecule has 0 amide bonds. The van der Waals surface area contributed by atoms with Gasteiger partial charge in [-0.15, -0.1) is 0 Å². The molecule has 0 saturated heterocycles. The van der Waals surface area contributed by atoms with Crippen LogP contribution in [-0.2, 0) is 6.42 Å². The van der Waals surface area contributed by atoms with E-state index in [2.05, 4.69) is 21.4 Å². The largest absolute Gasteiger partial charge is 0.370 e. The molecule has 4 nitrogen and oxygen atoms in total. The summed E-state index contributed by atoms with van der Waals surface area (Å²) < 4.78 is 0. The van der Waals surface area contributed by atoms with E-state index in [-0.39, 0.29) is 0 Å². The number of anilines is 1. The van der Waals surface area contributed by atoms with E-state index in [1.54, 1.807) is 12.1 Å². The van der Waals surface area contributed by atoms with Crippen molar-refractivity contribution in [1.82, 2.24) is 9.97 Å². The van der Waals surface area contributed by atoms with Crippen molar-refractivity contribution in [1.29, 1.82) is 5.26 Å². The molecule has 0 fully saturated rings. The number of benzene rings is 1. The Morgan fingerprint density at radius 1 is 1.22 bits per heavy atom. The van der Waals surface area contributed by atoms with Crippen molar-refractivity contribution >= 4 is 5.82 Å². The Balaban J connectivity index is 1.98. The van der Waals surface area contributed by atoms with Gasteiger partial charge in [-0.2, -0.15) is 5.26 Å². The standard InChI is InChI=1S/C14H12N4/c15-8-10-3-5-11(6-4-10)13-17-9-12-2-1-7-16-14(12)18-13/h3-6,9H,1-2,7H2,(H,16,17,18). The number of nitriles is 1. The van der Waals surface area contributed by atoms with Crippen LogP contribution in [0.15, 0.2) is 30.5 Å². The van der Waals surface area contributed by atoms with E-state index >= 15 is 0 Å². The smallest absolute Gasteiger partial charge is 0.161 e. The van der Waals surface area contributed by atoms with Crippen LogP contribution in [0.1, 0.15) is 17.5 Å². The van der Waals surface area contributed by atoms with Crippen molar-refractivity contribution in [2.45, 2.75) is 12.8 Å². The van der Waals surface area contributed by atoms with E-state index in [9.17, 15) is 0 Å². The van der Waals surface area contributed by atoms with E-state index in [4.69, 9.17) is 5.26 Å². The van der Waals surface area contributed by atoms with Crippen molar-refractivity contribution in [2.24, 2.45) is 0 Å². The second kappa shape index (κ2) is 4.46. The minimum atomic E-state index is 0.648. The SMILES string of the molecule is N#Cc1ccc(-c2ncc3c(n2)NCCC3)cc1. The predicted molar refractivity (Wildman–Crippen MR) is 69.0 cm³/mol. The molecule has 2 aromatic rings. The molecule has 0 spiro atoms. The fourth-order valence-corrected chi connectivity index (χ4v) is 2.06. The number of nitrogens with zero attached hydrogens (tertiary/aromatic N) is 3. The Morgan fingerprint density at radius 2 is 2.06 bits per heavy atom. The average Bonchev–Trinajstić information content (AvgIpc) is 2.47. The highest BCUT2D eigenvalue weighted by Crippen LogP contribution is 2.22. The van der Waals surface area contributed by atoms with Gasteiger partial charge in [-0.1, -0.05) is 0 Å². The fourth-order valence-electron chi connectivity index (χ4n) is 2.06. The molecule has 1 aromatic heterocycles. The summed E-state index contributed by atoms with van der Waals surface area (Å²) in [5.41, 5.74) is 2.76. The number of rotatable bonds is 1. The number of fused-ring (bicyclic) bond motifs is 1. The van der Waals surface area contributed by atoms with Crippen LogP contribution >= 0.6 is 0 Å². The van der Waals surface area contributed by atoms with Crippen LogP contribution in [0.25, 0.3) is 11.4 Å². The van der Waals surface area contributed by atoms with Gasteiger partial charge in [0.25, 0.3) is 0 Å². The molecule has 0 atom stereocenters. The number of aryl methyl sites for hydroxylation is 1. The molecule has 0 unspecified atom stereocenters. The number of aromatic nitrogens is 2. The van der Waals surface area contributed by atoms with E-state index in [1.165, 1.54) is 5.56 Å². The van der Waals surface area contributed by atoms with Crippen molar-refractivity contribution < 1.29 is 0 Å². The van der Waals surface area contributed by atoms with Crippen LogP contribution in [0.2, 0.25) is 0 Å². The summed E-state index contributed by atoms with van der Waals surface area (Å²) >= 11 is 0. The highest BCUT2D eigenvalue weighted by atomic mass is 15.0. The van der Waals surface area contributed by atoms with Gasteiger partial charge < -0.3 is 5.32 Å². The topological polar surface area (TPSA) is 61.6 Å². The summed E-state index contributed by atoms with van der Waals surface area (Å²) in [5, 5.41) is 12.1. The van der Waals surface area contributed by atoms with Gasteiger partial charge in [0.05, 0.1) is 11.6 Å². The van der Waals surface area contributed by atoms with Crippen LogP contribution in [0.3, 0.4) is 0 Å². The Hall–Kier alpha value is -2.41. The van der Waals surface area contributed by atoms with Gasteiger partial charge in [0, 0.05) is 23.9 Å². The van der Waals surface area contributed by atoms with Gasteiger partial charge in [0.15, 0.2) is 5.82 Å². The third-order valence-corrected chi connectivity index (χ3v) is 3.05. The molecule has 0 aliphatic carbocycles. The van der Waals surface area contributed by atoms with Crippen LogP contribution < -0.4 is 5.32 Å². The lowest BCUT2D eigenvalue weighted by molar-refractivity contribution is 0.810. The lowest BCUT2D eigenvalue weighted by atomic mass is 10.1. The monoisotopic (exact) mass is 236 g/mol. The molecule has 1 aliphatic heterocycles. The first kappa shape index (κ1) is 10.7. The minimum absolute atomic E-state index is 0.648. The Kier molecular flexibility index (Phi) is 2.66. The zero-order chi connectivity index (χ0) is 12.4. The van der Waals surface area contributed by atoms with Gasteiger partial charge >= 0.3 is 0 Å². The lowest BCUT2D eigenvalue weighted by Crippen LogP contribution is -2.14. The van der Waals surface area contributed by atoms with Crippen LogP contribution in [0.4, 0.5) is 5.82 Å². The number of hydrogen-bond acceptors (Lipinski definition) is 4. The zero-order valence-corrected chi connectivity index (χ0v) is 9.85. The summed E-state index contributed by atoms with van der Waals surface area (Å²) in [6, 6.07) is 9.43. The van der Waals surface area contributed by atoms with Gasteiger partial charge in [0.1, 0.15) is 5.82 Å². The first-order chi connectivity index (χ1) is 8.86. The second-order valence-corrected chi connectivity index (χ2v) is 4.29. The first-order valence-corrected chi connectivity index (χ1v) is 5.97. The zero-order valence-electron chi connectivity index (χ0n) is 9.85. The second-order valence-electron chi connectivity index (χ2n) is 4.29. The van der Waals surface area contributed by atoms with E-state index < -0.39 is 0 Å². The van der Waals surface area contributed by atoms with Gasteiger partial charge in [-0.25, -0.2) is 9.97 Å². The molecule has 3 rings (SSSR count). The minimum Gasteiger partial charge on any atom is -0.370 e. The maximum absolute atomic E-state index is 8.77. The molecular formula is C14H12N4. The molecule has 0 radical (unpaired) electrons.